The van der Waals surface area contributed by atoms with E-state index in [9.17, 15) is 0 Å². The van der Waals surface area contributed by atoms with E-state index in [0.717, 1.165) is 6.42 Å². The van der Waals surface area contributed by atoms with Gasteiger partial charge in [0, 0.05) is 6.54 Å². The van der Waals surface area contributed by atoms with E-state index in [1.54, 1.807) is 6.08 Å². The molecular weight excluding hydrogens is 112 g/mol. The maximum absolute atomic E-state index is 5.38. The van der Waals surface area contributed by atoms with Crippen molar-refractivity contribution < 1.29 is 0 Å². The first-order valence-corrected chi connectivity index (χ1v) is 3.11. The number of hydrogen-bond donors (Lipinski definition) is 2. The minimum Gasteiger partial charge on any atom is -0.405 e. The smallest absolute Gasteiger partial charge is 0.0139 e. The first-order chi connectivity index (χ1) is 4.35. The van der Waals surface area contributed by atoms with Gasteiger partial charge < -0.3 is 11.5 Å². The first kappa shape index (κ1) is 8.24. The number of hydrogen-bond acceptors (Lipinski definition) is 2. The van der Waals surface area contributed by atoms with Gasteiger partial charge in [0.05, 0.1) is 0 Å². The normalized spacial score (nSPS) is 12.9. The third-order valence-electron chi connectivity index (χ3n) is 1.16. The summed E-state index contributed by atoms with van der Waals surface area (Å²) in [4.78, 5) is 0. The zero-order valence-corrected chi connectivity index (χ0v) is 5.80. The number of allylic oxidation sites excluding steroid dienone is 2. The van der Waals surface area contributed by atoms with Gasteiger partial charge in [-0.3, -0.25) is 0 Å². The zero-order valence-electron chi connectivity index (χ0n) is 5.80. The van der Waals surface area contributed by atoms with Gasteiger partial charge in [-0.05, 0) is 18.7 Å². The van der Waals surface area contributed by atoms with Crippen LogP contribution in [0.15, 0.2) is 23.9 Å². The molecule has 0 aliphatic heterocycles. The molecule has 0 spiro atoms. The second-order valence-electron chi connectivity index (χ2n) is 1.77. The van der Waals surface area contributed by atoms with Crippen molar-refractivity contribution in [2.75, 3.05) is 6.54 Å². The Labute approximate surface area is 56.2 Å². The van der Waals surface area contributed by atoms with E-state index in [1.807, 2.05) is 6.08 Å². The van der Waals surface area contributed by atoms with Crippen molar-refractivity contribution in [3.63, 3.8) is 0 Å². The molecule has 0 atom stereocenters. The highest BCUT2D eigenvalue weighted by molar-refractivity contribution is 5.12. The van der Waals surface area contributed by atoms with Crippen LogP contribution in [0, 0.1) is 0 Å². The number of rotatable bonds is 3. The van der Waals surface area contributed by atoms with Crippen LogP contribution in [-0.2, 0) is 0 Å². The lowest BCUT2D eigenvalue weighted by Crippen LogP contribution is -2.01. The maximum Gasteiger partial charge on any atom is 0.0139 e. The standard InChI is InChI=1S/C7H14N2/c1-2-7(6-9)4-3-5-8/h3-5H,2,6,8-9H2,1H3/b5-3-,7-4+. The Morgan fingerprint density at radius 2 is 2.22 bits per heavy atom. The summed E-state index contributed by atoms with van der Waals surface area (Å²) in [6.07, 6.45) is 6.25. The third-order valence-corrected chi connectivity index (χ3v) is 1.16. The summed E-state index contributed by atoms with van der Waals surface area (Å²) < 4.78 is 0. The van der Waals surface area contributed by atoms with Gasteiger partial charge in [-0.1, -0.05) is 18.6 Å². The Morgan fingerprint density at radius 1 is 1.56 bits per heavy atom. The van der Waals surface area contributed by atoms with E-state index in [-0.39, 0.29) is 0 Å². The Bertz CT molecular complexity index is 108. The summed E-state index contributed by atoms with van der Waals surface area (Å²) >= 11 is 0. The fourth-order valence-electron chi connectivity index (χ4n) is 0.522. The Kier molecular flexibility index (Phi) is 4.92. The van der Waals surface area contributed by atoms with Gasteiger partial charge >= 0.3 is 0 Å². The van der Waals surface area contributed by atoms with Gasteiger partial charge in [0.15, 0.2) is 0 Å². The highest BCUT2D eigenvalue weighted by Gasteiger charge is 1.84. The molecule has 0 radical (unpaired) electrons. The fraction of sp³-hybridized carbons (Fsp3) is 0.429. The van der Waals surface area contributed by atoms with Gasteiger partial charge in [0.25, 0.3) is 0 Å². The summed E-state index contributed by atoms with van der Waals surface area (Å²) in [6.45, 7) is 2.70. The Morgan fingerprint density at radius 3 is 2.56 bits per heavy atom. The van der Waals surface area contributed by atoms with Crippen molar-refractivity contribution >= 4 is 0 Å². The molecular formula is C7H14N2. The molecule has 0 aliphatic rings. The second kappa shape index (κ2) is 5.38. The SMILES string of the molecule is CC/C(=C\C=C/N)CN. The molecule has 9 heavy (non-hydrogen) atoms. The minimum absolute atomic E-state index is 0.626. The second-order valence-corrected chi connectivity index (χ2v) is 1.77. The average Bonchev–Trinajstić information content (AvgIpc) is 1.91. The lowest BCUT2D eigenvalue weighted by atomic mass is 10.2. The van der Waals surface area contributed by atoms with E-state index in [0.29, 0.717) is 6.54 Å². The molecule has 0 saturated heterocycles. The molecule has 0 unspecified atom stereocenters. The Hall–Kier alpha value is -0.760. The highest BCUT2D eigenvalue weighted by Crippen LogP contribution is 1.96. The lowest BCUT2D eigenvalue weighted by molar-refractivity contribution is 1.01. The first-order valence-electron chi connectivity index (χ1n) is 3.11. The van der Waals surface area contributed by atoms with Crippen molar-refractivity contribution in [2.24, 2.45) is 11.5 Å². The van der Waals surface area contributed by atoms with Gasteiger partial charge in [-0.2, -0.15) is 0 Å². The molecule has 52 valence electrons. The highest BCUT2D eigenvalue weighted by atomic mass is 14.5. The molecule has 0 aromatic heterocycles. The fourth-order valence-corrected chi connectivity index (χ4v) is 0.522. The van der Waals surface area contributed by atoms with E-state index in [1.165, 1.54) is 11.8 Å². The van der Waals surface area contributed by atoms with Gasteiger partial charge in [-0.25, -0.2) is 0 Å². The lowest BCUT2D eigenvalue weighted by Gasteiger charge is -1.94. The molecule has 0 amide bonds. The van der Waals surface area contributed by atoms with E-state index < -0.39 is 0 Å². The van der Waals surface area contributed by atoms with Crippen LogP contribution < -0.4 is 11.5 Å². The molecule has 4 N–H and O–H groups in total. The van der Waals surface area contributed by atoms with Crippen molar-refractivity contribution in [3.05, 3.63) is 23.9 Å². The van der Waals surface area contributed by atoms with Crippen LogP contribution in [0.3, 0.4) is 0 Å². The van der Waals surface area contributed by atoms with Crippen LogP contribution in [-0.4, -0.2) is 6.54 Å². The molecule has 0 aromatic rings. The summed E-state index contributed by atoms with van der Waals surface area (Å²) in [5, 5.41) is 0. The summed E-state index contributed by atoms with van der Waals surface area (Å²) in [5.41, 5.74) is 11.7. The van der Waals surface area contributed by atoms with E-state index >= 15 is 0 Å². The van der Waals surface area contributed by atoms with Crippen molar-refractivity contribution in [1.82, 2.24) is 0 Å². The predicted molar refractivity (Wildman–Crippen MR) is 40.8 cm³/mol. The number of nitrogens with two attached hydrogens (primary N) is 2. The third kappa shape index (κ3) is 3.79. The average molecular weight is 126 g/mol. The molecule has 0 heterocycles. The van der Waals surface area contributed by atoms with Crippen LogP contribution in [0.2, 0.25) is 0 Å². The maximum atomic E-state index is 5.38. The summed E-state index contributed by atoms with van der Waals surface area (Å²) in [7, 11) is 0. The molecule has 0 saturated carbocycles. The molecule has 0 bridgehead atoms. The van der Waals surface area contributed by atoms with Crippen LogP contribution in [0.25, 0.3) is 0 Å². The topological polar surface area (TPSA) is 52.0 Å². The van der Waals surface area contributed by atoms with Crippen molar-refractivity contribution in [3.8, 4) is 0 Å². The van der Waals surface area contributed by atoms with E-state index in [2.05, 4.69) is 6.92 Å². The van der Waals surface area contributed by atoms with Crippen molar-refractivity contribution in [1.29, 1.82) is 0 Å². The zero-order chi connectivity index (χ0) is 7.11. The quantitative estimate of drug-likeness (QED) is 0.548. The minimum atomic E-state index is 0.626. The largest absolute Gasteiger partial charge is 0.405 e. The van der Waals surface area contributed by atoms with Gasteiger partial charge in [0.2, 0.25) is 0 Å². The molecule has 0 rings (SSSR count). The van der Waals surface area contributed by atoms with Crippen LogP contribution in [0.5, 0.6) is 0 Å². The molecule has 2 heteroatoms. The van der Waals surface area contributed by atoms with Crippen LogP contribution >= 0.6 is 0 Å². The summed E-state index contributed by atoms with van der Waals surface area (Å²) in [6, 6.07) is 0. The van der Waals surface area contributed by atoms with Gasteiger partial charge in [-0.15, -0.1) is 0 Å². The van der Waals surface area contributed by atoms with Crippen LogP contribution in [0.4, 0.5) is 0 Å². The monoisotopic (exact) mass is 126 g/mol. The molecule has 0 aromatic carbocycles. The van der Waals surface area contributed by atoms with Crippen molar-refractivity contribution in [2.45, 2.75) is 13.3 Å². The molecule has 2 nitrogen and oxygen atoms in total. The molecule has 0 fully saturated rings. The van der Waals surface area contributed by atoms with E-state index in [4.69, 9.17) is 11.5 Å². The summed E-state index contributed by atoms with van der Waals surface area (Å²) in [5.74, 6) is 0. The van der Waals surface area contributed by atoms with Crippen LogP contribution in [0.1, 0.15) is 13.3 Å². The van der Waals surface area contributed by atoms with Gasteiger partial charge in [0.1, 0.15) is 0 Å². The molecule has 0 aliphatic carbocycles. The predicted octanol–water partition coefficient (Wildman–Crippen LogP) is 0.754. The Balaban J connectivity index is 3.75.